The maximum Gasteiger partial charge on any atom is 0.249 e. The monoisotopic (exact) mass is 201 g/mol. The number of ether oxygens (including phenoxy) is 1. The number of aliphatic hydroxyl groups excluding tert-OH is 1. The van der Waals surface area contributed by atoms with E-state index < -0.39 is 0 Å². The molecule has 0 radical (unpaired) electrons. The summed E-state index contributed by atoms with van der Waals surface area (Å²) < 4.78 is 5.24. The van der Waals surface area contributed by atoms with Gasteiger partial charge in [0.2, 0.25) is 5.91 Å². The van der Waals surface area contributed by atoms with Crippen LogP contribution in [0.1, 0.15) is 26.7 Å². The van der Waals surface area contributed by atoms with Crippen LogP contribution in [-0.4, -0.2) is 36.9 Å². The molecule has 14 heavy (non-hydrogen) atoms. The zero-order valence-electron chi connectivity index (χ0n) is 8.88. The van der Waals surface area contributed by atoms with Crippen LogP contribution in [0.2, 0.25) is 0 Å². The third-order valence-electron chi connectivity index (χ3n) is 2.39. The predicted octanol–water partition coefficient (Wildman–Crippen LogP) is 0.300. The molecule has 1 unspecified atom stereocenters. The molecule has 4 heteroatoms. The fourth-order valence-corrected chi connectivity index (χ4v) is 1.28. The average Bonchev–Trinajstić information content (AvgIpc) is 2.67. The third-order valence-corrected chi connectivity index (χ3v) is 2.39. The Balaban J connectivity index is 2.27. The molecule has 1 fully saturated rings. The van der Waals surface area contributed by atoms with Gasteiger partial charge < -0.3 is 15.2 Å². The van der Waals surface area contributed by atoms with Crippen molar-refractivity contribution in [3.8, 4) is 0 Å². The van der Waals surface area contributed by atoms with Gasteiger partial charge in [0, 0.05) is 25.2 Å². The Morgan fingerprint density at radius 3 is 2.86 bits per heavy atom. The van der Waals surface area contributed by atoms with Crippen molar-refractivity contribution in [2.75, 3.05) is 19.8 Å². The number of rotatable bonds is 4. The van der Waals surface area contributed by atoms with E-state index in [9.17, 15) is 4.79 Å². The van der Waals surface area contributed by atoms with E-state index in [1.807, 2.05) is 13.8 Å². The Hall–Kier alpha value is -0.610. The van der Waals surface area contributed by atoms with Crippen LogP contribution < -0.4 is 5.32 Å². The third kappa shape index (κ3) is 3.27. The molecular formula is C10H19NO3. The van der Waals surface area contributed by atoms with Gasteiger partial charge in [0.25, 0.3) is 0 Å². The molecule has 2 N–H and O–H groups in total. The van der Waals surface area contributed by atoms with E-state index in [4.69, 9.17) is 9.84 Å². The molecule has 1 aliphatic heterocycles. The smallest absolute Gasteiger partial charge is 0.249 e. The lowest BCUT2D eigenvalue weighted by atomic mass is 9.95. The van der Waals surface area contributed by atoms with Gasteiger partial charge in [-0.3, -0.25) is 4.79 Å². The first kappa shape index (κ1) is 11.5. The number of nitrogens with one attached hydrogen (secondary N) is 1. The fourth-order valence-electron chi connectivity index (χ4n) is 1.28. The Morgan fingerprint density at radius 2 is 2.36 bits per heavy atom. The highest BCUT2D eigenvalue weighted by atomic mass is 16.5. The molecule has 1 rings (SSSR count). The highest BCUT2D eigenvalue weighted by Crippen LogP contribution is 2.14. The molecule has 1 amide bonds. The lowest BCUT2D eigenvalue weighted by Gasteiger charge is -2.22. The van der Waals surface area contributed by atoms with Crippen molar-refractivity contribution in [3.05, 3.63) is 0 Å². The summed E-state index contributed by atoms with van der Waals surface area (Å²) in [5.74, 6) is -0.0518. The lowest BCUT2D eigenvalue weighted by Crippen LogP contribution is -2.41. The Bertz CT molecular complexity index is 198. The van der Waals surface area contributed by atoms with Gasteiger partial charge in [0.05, 0.1) is 0 Å². The molecule has 0 aliphatic carbocycles. The van der Waals surface area contributed by atoms with Crippen LogP contribution in [0.4, 0.5) is 0 Å². The van der Waals surface area contributed by atoms with Gasteiger partial charge in [-0.2, -0.15) is 0 Å². The predicted molar refractivity (Wildman–Crippen MR) is 52.9 cm³/mol. The topological polar surface area (TPSA) is 58.6 Å². The SMILES string of the molecule is CC(C)(CO)CNC(=O)C1CCCO1. The zero-order chi connectivity index (χ0) is 10.6. The maximum absolute atomic E-state index is 11.5. The summed E-state index contributed by atoms with van der Waals surface area (Å²) in [6.45, 7) is 5.05. The van der Waals surface area contributed by atoms with Crippen molar-refractivity contribution < 1.29 is 14.6 Å². The minimum Gasteiger partial charge on any atom is -0.396 e. The minimum absolute atomic E-state index is 0.0518. The number of hydrogen-bond acceptors (Lipinski definition) is 3. The second-order valence-electron chi connectivity index (χ2n) is 4.54. The molecule has 0 saturated carbocycles. The van der Waals surface area contributed by atoms with Crippen LogP contribution in [0.3, 0.4) is 0 Å². The number of aliphatic hydroxyl groups is 1. The van der Waals surface area contributed by atoms with E-state index in [0.717, 1.165) is 12.8 Å². The van der Waals surface area contributed by atoms with E-state index >= 15 is 0 Å². The Kier molecular flexibility index (Phi) is 3.89. The van der Waals surface area contributed by atoms with Gasteiger partial charge in [-0.1, -0.05) is 13.8 Å². The molecule has 82 valence electrons. The van der Waals surface area contributed by atoms with E-state index in [1.165, 1.54) is 0 Å². The Labute approximate surface area is 84.6 Å². The van der Waals surface area contributed by atoms with E-state index in [2.05, 4.69) is 5.32 Å². The molecule has 0 aromatic rings. The summed E-state index contributed by atoms with van der Waals surface area (Å²) in [6, 6.07) is 0. The van der Waals surface area contributed by atoms with E-state index in [-0.39, 0.29) is 24.0 Å². The van der Waals surface area contributed by atoms with Gasteiger partial charge in [0.15, 0.2) is 0 Å². The summed E-state index contributed by atoms with van der Waals surface area (Å²) in [6.07, 6.45) is 1.50. The first-order valence-corrected chi connectivity index (χ1v) is 5.05. The number of carbonyl (C=O) groups is 1. The average molecular weight is 201 g/mol. The Morgan fingerprint density at radius 1 is 1.64 bits per heavy atom. The normalized spacial score (nSPS) is 22.4. The van der Waals surface area contributed by atoms with Crippen molar-refractivity contribution in [1.82, 2.24) is 5.32 Å². The number of hydrogen-bond donors (Lipinski definition) is 2. The minimum atomic E-state index is -0.274. The van der Waals surface area contributed by atoms with Gasteiger partial charge in [-0.25, -0.2) is 0 Å². The van der Waals surface area contributed by atoms with Crippen molar-refractivity contribution in [3.63, 3.8) is 0 Å². The maximum atomic E-state index is 11.5. The first-order valence-electron chi connectivity index (χ1n) is 5.05. The summed E-state index contributed by atoms with van der Waals surface area (Å²) >= 11 is 0. The highest BCUT2D eigenvalue weighted by molar-refractivity contribution is 5.80. The lowest BCUT2D eigenvalue weighted by molar-refractivity contribution is -0.130. The molecule has 0 bridgehead atoms. The van der Waals surface area contributed by atoms with Crippen molar-refractivity contribution in [2.45, 2.75) is 32.8 Å². The molecule has 1 saturated heterocycles. The zero-order valence-corrected chi connectivity index (χ0v) is 8.88. The van der Waals surface area contributed by atoms with Crippen molar-refractivity contribution >= 4 is 5.91 Å². The van der Waals surface area contributed by atoms with Crippen LogP contribution in [0.5, 0.6) is 0 Å². The summed E-state index contributed by atoms with van der Waals surface area (Å²) in [5.41, 5.74) is -0.256. The first-order chi connectivity index (χ1) is 6.55. The number of amides is 1. The second kappa shape index (κ2) is 4.75. The summed E-state index contributed by atoms with van der Waals surface area (Å²) in [4.78, 5) is 11.5. The van der Waals surface area contributed by atoms with Crippen molar-refractivity contribution in [1.29, 1.82) is 0 Å². The van der Waals surface area contributed by atoms with Gasteiger partial charge >= 0.3 is 0 Å². The van der Waals surface area contributed by atoms with Crippen LogP contribution >= 0.6 is 0 Å². The summed E-state index contributed by atoms with van der Waals surface area (Å²) in [5, 5.41) is 11.8. The highest BCUT2D eigenvalue weighted by Gasteiger charge is 2.25. The van der Waals surface area contributed by atoms with E-state index in [1.54, 1.807) is 0 Å². The van der Waals surface area contributed by atoms with Crippen LogP contribution in [0, 0.1) is 5.41 Å². The quantitative estimate of drug-likeness (QED) is 0.687. The molecule has 0 spiro atoms. The van der Waals surface area contributed by atoms with Crippen LogP contribution in [0.25, 0.3) is 0 Å². The van der Waals surface area contributed by atoms with E-state index in [0.29, 0.717) is 13.2 Å². The molecule has 4 nitrogen and oxygen atoms in total. The largest absolute Gasteiger partial charge is 0.396 e. The molecule has 0 aromatic heterocycles. The molecule has 1 aliphatic rings. The molecule has 1 atom stereocenters. The van der Waals surface area contributed by atoms with Gasteiger partial charge in [-0.05, 0) is 12.8 Å². The molecule has 0 aromatic carbocycles. The van der Waals surface area contributed by atoms with Gasteiger partial charge in [0.1, 0.15) is 6.10 Å². The van der Waals surface area contributed by atoms with Crippen molar-refractivity contribution in [2.24, 2.45) is 5.41 Å². The fraction of sp³-hybridized carbons (Fsp3) is 0.900. The van der Waals surface area contributed by atoms with Crippen LogP contribution in [0.15, 0.2) is 0 Å². The number of carbonyl (C=O) groups excluding carboxylic acids is 1. The van der Waals surface area contributed by atoms with Crippen LogP contribution in [-0.2, 0) is 9.53 Å². The van der Waals surface area contributed by atoms with Gasteiger partial charge in [-0.15, -0.1) is 0 Å². The summed E-state index contributed by atoms with van der Waals surface area (Å²) in [7, 11) is 0. The standard InChI is InChI=1S/C10H19NO3/c1-10(2,7-12)6-11-9(13)8-4-3-5-14-8/h8,12H,3-7H2,1-2H3,(H,11,13). The molecule has 1 heterocycles. The second-order valence-corrected chi connectivity index (χ2v) is 4.54. The molecular weight excluding hydrogens is 182 g/mol.